The Balaban J connectivity index is 3.61. The molecule has 1 N–H and O–H groups in total. The average molecular weight is 645 g/mol. The van der Waals surface area contributed by atoms with Crippen LogP contribution in [0.2, 0.25) is 0 Å². The molecule has 5 nitrogen and oxygen atoms in total. The molecule has 1 atom stereocenters. The van der Waals surface area contributed by atoms with Crippen molar-refractivity contribution in [3.8, 4) is 0 Å². The van der Waals surface area contributed by atoms with E-state index in [1.807, 2.05) is 0 Å². The second-order valence-corrected chi connectivity index (χ2v) is 12.6. The quantitative estimate of drug-likeness (QED) is 0.0429. The molecule has 46 heavy (non-hydrogen) atoms. The molecular formula is C41H72O5. The fraction of sp³-hybridized carbons (Fsp3) is 0.756. The van der Waals surface area contributed by atoms with Gasteiger partial charge in [-0.25, -0.2) is 0 Å². The van der Waals surface area contributed by atoms with Crippen LogP contribution in [0.4, 0.5) is 0 Å². The second-order valence-electron chi connectivity index (χ2n) is 12.6. The summed E-state index contributed by atoms with van der Waals surface area (Å²) in [6.07, 6.45) is 45.9. The summed E-state index contributed by atoms with van der Waals surface area (Å²) in [5, 5.41) is 9.54. The first-order chi connectivity index (χ1) is 22.6. The lowest BCUT2D eigenvalue weighted by Crippen LogP contribution is -2.28. The van der Waals surface area contributed by atoms with E-state index >= 15 is 0 Å². The van der Waals surface area contributed by atoms with Crippen molar-refractivity contribution in [3.05, 3.63) is 48.6 Å². The molecule has 0 aromatic carbocycles. The summed E-state index contributed by atoms with van der Waals surface area (Å²) < 4.78 is 10.6. The Morgan fingerprint density at radius 1 is 0.500 bits per heavy atom. The number of allylic oxidation sites excluding steroid dienone is 8. The number of hydrogen-bond donors (Lipinski definition) is 1. The molecule has 0 fully saturated rings. The standard InChI is InChI=1S/C41H72O5/c1-3-5-7-9-11-13-15-17-18-19-20-21-22-24-26-28-30-32-34-36-41(44)46-39(37-42)38-45-40(43)35-33-31-29-27-25-23-16-14-12-10-8-6-4-2/h11,13-14,16-18,20-21,39,42H,3-10,12,15,19,22-38H2,1-2H3/b13-11-,16-14-,18-17-,21-20-/t39-/m0/s1. The number of unbranched alkanes of at least 4 members (excludes halogenated alkanes) is 18. The maximum Gasteiger partial charge on any atom is 0.306 e. The van der Waals surface area contributed by atoms with E-state index in [0.717, 1.165) is 64.2 Å². The van der Waals surface area contributed by atoms with Crippen LogP contribution < -0.4 is 0 Å². The minimum atomic E-state index is -0.781. The molecular weight excluding hydrogens is 572 g/mol. The molecule has 0 aromatic rings. The van der Waals surface area contributed by atoms with Gasteiger partial charge in [0, 0.05) is 12.8 Å². The molecule has 266 valence electrons. The lowest BCUT2D eigenvalue weighted by Gasteiger charge is -2.15. The molecule has 0 saturated heterocycles. The number of hydrogen-bond acceptors (Lipinski definition) is 5. The maximum atomic E-state index is 12.2. The van der Waals surface area contributed by atoms with Gasteiger partial charge in [-0.1, -0.05) is 140 Å². The number of aliphatic hydroxyl groups excluding tert-OH is 1. The molecule has 0 amide bonds. The Morgan fingerprint density at radius 3 is 1.37 bits per heavy atom. The first-order valence-corrected chi connectivity index (χ1v) is 19.2. The summed E-state index contributed by atoms with van der Waals surface area (Å²) in [6, 6.07) is 0. The topological polar surface area (TPSA) is 72.8 Å². The van der Waals surface area contributed by atoms with Gasteiger partial charge in [0.25, 0.3) is 0 Å². The van der Waals surface area contributed by atoms with E-state index in [1.54, 1.807) is 0 Å². The zero-order chi connectivity index (χ0) is 33.6. The highest BCUT2D eigenvalue weighted by Gasteiger charge is 2.16. The minimum absolute atomic E-state index is 0.0763. The summed E-state index contributed by atoms with van der Waals surface area (Å²) in [4.78, 5) is 24.2. The zero-order valence-electron chi connectivity index (χ0n) is 30.1. The smallest absolute Gasteiger partial charge is 0.306 e. The van der Waals surface area contributed by atoms with E-state index < -0.39 is 6.10 Å². The van der Waals surface area contributed by atoms with Crippen molar-refractivity contribution >= 4 is 11.9 Å². The van der Waals surface area contributed by atoms with Crippen molar-refractivity contribution in [2.45, 2.75) is 187 Å². The lowest BCUT2D eigenvalue weighted by atomic mass is 10.1. The molecule has 0 aliphatic heterocycles. The van der Waals surface area contributed by atoms with Gasteiger partial charge in [0.15, 0.2) is 6.10 Å². The largest absolute Gasteiger partial charge is 0.462 e. The van der Waals surface area contributed by atoms with E-state index in [4.69, 9.17) is 9.47 Å². The Morgan fingerprint density at radius 2 is 0.870 bits per heavy atom. The van der Waals surface area contributed by atoms with Gasteiger partial charge in [0.05, 0.1) is 6.61 Å². The van der Waals surface area contributed by atoms with Crippen LogP contribution in [0, 0.1) is 0 Å². The Bertz CT molecular complexity index is 782. The van der Waals surface area contributed by atoms with Crippen molar-refractivity contribution in [1.82, 2.24) is 0 Å². The third kappa shape index (κ3) is 34.7. The normalized spacial score (nSPS) is 12.7. The molecule has 0 aliphatic rings. The van der Waals surface area contributed by atoms with Gasteiger partial charge in [-0.3, -0.25) is 9.59 Å². The van der Waals surface area contributed by atoms with Crippen LogP contribution in [0.5, 0.6) is 0 Å². The van der Waals surface area contributed by atoms with Crippen LogP contribution in [-0.2, 0) is 19.1 Å². The van der Waals surface area contributed by atoms with Crippen LogP contribution in [0.15, 0.2) is 48.6 Å². The number of esters is 2. The number of aliphatic hydroxyl groups is 1. The Kier molecular flexibility index (Phi) is 35.6. The lowest BCUT2D eigenvalue weighted by molar-refractivity contribution is -0.161. The summed E-state index contributed by atoms with van der Waals surface area (Å²) in [6.45, 7) is 4.07. The molecule has 0 bridgehead atoms. The number of rotatable bonds is 34. The maximum absolute atomic E-state index is 12.2. The van der Waals surface area contributed by atoms with Crippen molar-refractivity contribution in [2.75, 3.05) is 13.2 Å². The van der Waals surface area contributed by atoms with E-state index in [-0.39, 0.29) is 25.2 Å². The molecule has 0 heterocycles. The van der Waals surface area contributed by atoms with Gasteiger partial charge in [-0.2, -0.15) is 0 Å². The second kappa shape index (κ2) is 37.3. The molecule has 0 aliphatic carbocycles. The number of carbonyl (C=O) groups excluding carboxylic acids is 2. The van der Waals surface area contributed by atoms with E-state index in [0.29, 0.717) is 12.8 Å². The highest BCUT2D eigenvalue weighted by Crippen LogP contribution is 2.12. The Hall–Kier alpha value is -2.14. The van der Waals surface area contributed by atoms with Gasteiger partial charge < -0.3 is 14.6 Å². The summed E-state index contributed by atoms with van der Waals surface area (Å²) >= 11 is 0. The van der Waals surface area contributed by atoms with Crippen molar-refractivity contribution in [2.24, 2.45) is 0 Å². The highest BCUT2D eigenvalue weighted by atomic mass is 16.6. The molecule has 0 spiro atoms. The summed E-state index contributed by atoms with van der Waals surface area (Å²) in [5.74, 6) is -0.618. The van der Waals surface area contributed by atoms with Crippen LogP contribution >= 0.6 is 0 Å². The first kappa shape index (κ1) is 43.9. The zero-order valence-corrected chi connectivity index (χ0v) is 30.1. The van der Waals surface area contributed by atoms with Gasteiger partial charge >= 0.3 is 11.9 Å². The van der Waals surface area contributed by atoms with Gasteiger partial charge in [-0.05, 0) is 77.0 Å². The molecule has 0 rings (SSSR count). The van der Waals surface area contributed by atoms with Crippen molar-refractivity contribution < 1.29 is 24.2 Å². The van der Waals surface area contributed by atoms with Crippen LogP contribution in [0.1, 0.15) is 181 Å². The molecule has 0 aromatic heterocycles. The molecule has 5 heteroatoms. The predicted molar refractivity (Wildman–Crippen MR) is 196 cm³/mol. The number of carbonyl (C=O) groups is 2. The first-order valence-electron chi connectivity index (χ1n) is 19.2. The summed E-state index contributed by atoms with van der Waals surface area (Å²) in [5.41, 5.74) is 0. The van der Waals surface area contributed by atoms with Crippen LogP contribution in [0.25, 0.3) is 0 Å². The van der Waals surface area contributed by atoms with Crippen molar-refractivity contribution in [3.63, 3.8) is 0 Å². The molecule has 0 saturated carbocycles. The van der Waals surface area contributed by atoms with E-state index in [9.17, 15) is 14.7 Å². The van der Waals surface area contributed by atoms with Crippen LogP contribution in [0.3, 0.4) is 0 Å². The van der Waals surface area contributed by atoms with Crippen molar-refractivity contribution in [1.29, 1.82) is 0 Å². The van der Waals surface area contributed by atoms with E-state index in [2.05, 4.69) is 62.5 Å². The van der Waals surface area contributed by atoms with Crippen LogP contribution in [-0.4, -0.2) is 36.4 Å². The average Bonchev–Trinajstić information content (AvgIpc) is 3.06. The SMILES string of the molecule is CCCCC/C=C\C/C=C\C/C=C\CCCCCCCCC(=O)O[C@@H](CO)COC(=O)CCCCCCC/C=C\CCCCCC. The monoisotopic (exact) mass is 645 g/mol. The predicted octanol–water partition coefficient (Wildman–Crippen LogP) is 11.8. The van der Waals surface area contributed by atoms with Gasteiger partial charge in [0.1, 0.15) is 6.61 Å². The van der Waals surface area contributed by atoms with E-state index in [1.165, 1.54) is 89.9 Å². The Labute approximate surface area is 284 Å². The molecule has 0 radical (unpaired) electrons. The number of ether oxygens (including phenoxy) is 2. The fourth-order valence-electron chi connectivity index (χ4n) is 5.14. The fourth-order valence-corrected chi connectivity index (χ4v) is 5.14. The van der Waals surface area contributed by atoms with Gasteiger partial charge in [-0.15, -0.1) is 0 Å². The highest BCUT2D eigenvalue weighted by molar-refractivity contribution is 5.70. The summed E-state index contributed by atoms with van der Waals surface area (Å²) in [7, 11) is 0. The third-order valence-corrected chi connectivity index (χ3v) is 8.10. The minimum Gasteiger partial charge on any atom is -0.462 e. The van der Waals surface area contributed by atoms with Gasteiger partial charge in [0.2, 0.25) is 0 Å². The third-order valence-electron chi connectivity index (χ3n) is 8.10. The molecule has 0 unspecified atom stereocenters.